The van der Waals surface area contributed by atoms with E-state index in [4.69, 9.17) is 12.6 Å². The summed E-state index contributed by atoms with van der Waals surface area (Å²) in [6.45, 7) is 3.44. The van der Waals surface area contributed by atoms with Crippen LogP contribution in [0.3, 0.4) is 0 Å². The Labute approximate surface area is 66.4 Å². The smallest absolute Gasteiger partial charge is 0.128 e. The summed E-state index contributed by atoms with van der Waals surface area (Å²) in [6.07, 6.45) is 0. The van der Waals surface area contributed by atoms with E-state index < -0.39 is 0 Å². The van der Waals surface area contributed by atoms with E-state index in [1.54, 1.807) is 11.3 Å². The maximum atomic E-state index is 5.51. The second kappa shape index (κ2) is 3.79. The predicted octanol–water partition coefficient (Wildman–Crippen LogP) is 1.08. The maximum Gasteiger partial charge on any atom is 0.128 e. The molecule has 2 radical (unpaired) electrons. The van der Waals surface area contributed by atoms with Crippen molar-refractivity contribution in [1.29, 1.82) is 0 Å². The summed E-state index contributed by atoms with van der Waals surface area (Å²) >= 11 is 1.58. The first-order chi connectivity index (χ1) is 4.83. The van der Waals surface area contributed by atoms with Crippen LogP contribution in [-0.4, -0.2) is 14.5 Å². The summed E-state index contributed by atoms with van der Waals surface area (Å²) in [5, 5.41) is 0. The largest absolute Gasteiger partial charge is 0.376 e. The first-order valence-electron chi connectivity index (χ1n) is 3.25. The van der Waals surface area contributed by atoms with Crippen molar-refractivity contribution in [3.05, 3.63) is 17.0 Å². The highest BCUT2D eigenvalue weighted by atomic mass is 32.1. The van der Waals surface area contributed by atoms with Gasteiger partial charge >= 0.3 is 0 Å². The third-order valence-corrected chi connectivity index (χ3v) is 2.02. The van der Waals surface area contributed by atoms with Gasteiger partial charge < -0.3 is 4.74 Å². The third kappa shape index (κ3) is 2.16. The number of thiophene rings is 1. The molecule has 0 N–H and O–H groups in total. The minimum Gasteiger partial charge on any atom is -0.376 e. The molecule has 1 aromatic rings. The molecule has 1 nitrogen and oxygen atoms in total. The van der Waals surface area contributed by atoms with Gasteiger partial charge in [0.15, 0.2) is 0 Å². The molecule has 0 aliphatic rings. The fraction of sp³-hybridized carbons (Fsp3) is 0.429. The number of hydrogen-bond acceptors (Lipinski definition) is 2. The van der Waals surface area contributed by atoms with E-state index in [2.05, 4.69) is 0 Å². The van der Waals surface area contributed by atoms with E-state index >= 15 is 0 Å². The summed E-state index contributed by atoms with van der Waals surface area (Å²) in [7, 11) is 5.51. The van der Waals surface area contributed by atoms with Gasteiger partial charge in [-0.3, -0.25) is 0 Å². The lowest BCUT2D eigenvalue weighted by Gasteiger charge is -1.94. The molecule has 1 aromatic heterocycles. The lowest BCUT2D eigenvalue weighted by Crippen LogP contribution is -1.90. The highest BCUT2D eigenvalue weighted by molar-refractivity contribution is 7.20. The zero-order chi connectivity index (χ0) is 7.40. The highest BCUT2D eigenvalue weighted by Gasteiger charge is 1.93. The van der Waals surface area contributed by atoms with Crippen molar-refractivity contribution in [2.75, 3.05) is 6.61 Å². The second-order valence-electron chi connectivity index (χ2n) is 1.94. The van der Waals surface area contributed by atoms with Crippen molar-refractivity contribution >= 4 is 24.0 Å². The summed E-state index contributed by atoms with van der Waals surface area (Å²) in [5.41, 5.74) is 0. The van der Waals surface area contributed by atoms with E-state index in [-0.39, 0.29) is 0 Å². The van der Waals surface area contributed by atoms with Gasteiger partial charge in [-0.1, -0.05) is 6.07 Å². The van der Waals surface area contributed by atoms with Crippen LogP contribution in [0.2, 0.25) is 0 Å². The molecule has 1 heterocycles. The quantitative estimate of drug-likeness (QED) is 0.589. The third-order valence-electron chi connectivity index (χ3n) is 1.13. The van der Waals surface area contributed by atoms with Crippen molar-refractivity contribution in [2.24, 2.45) is 0 Å². The molecule has 52 valence electrons. The van der Waals surface area contributed by atoms with Gasteiger partial charge in [0.2, 0.25) is 0 Å². The lowest BCUT2D eigenvalue weighted by molar-refractivity contribution is 0.136. The number of ether oxygens (including phenoxy) is 1. The summed E-state index contributed by atoms with van der Waals surface area (Å²) in [6, 6.07) is 3.90. The van der Waals surface area contributed by atoms with Gasteiger partial charge in [-0.05, 0) is 17.8 Å². The molecular formula is C7H9BOS. The number of rotatable bonds is 3. The van der Waals surface area contributed by atoms with Crippen LogP contribution in [0, 0.1) is 0 Å². The second-order valence-corrected chi connectivity index (χ2v) is 3.14. The molecule has 0 amide bonds. The molecule has 0 bridgehead atoms. The Bertz CT molecular complexity index is 197. The minimum absolute atomic E-state index is 0.693. The lowest BCUT2D eigenvalue weighted by atomic mass is 10.1. The molecule has 0 atom stereocenters. The van der Waals surface area contributed by atoms with Crippen LogP contribution in [0.1, 0.15) is 11.8 Å². The van der Waals surface area contributed by atoms with E-state index in [9.17, 15) is 0 Å². The fourth-order valence-corrected chi connectivity index (χ4v) is 1.39. The Hall–Kier alpha value is -0.275. The van der Waals surface area contributed by atoms with Gasteiger partial charge in [0.1, 0.15) is 7.85 Å². The highest BCUT2D eigenvalue weighted by Crippen LogP contribution is 2.06. The Morgan fingerprint density at radius 3 is 2.90 bits per heavy atom. The molecule has 0 fully saturated rings. The first-order valence-corrected chi connectivity index (χ1v) is 4.06. The molecule has 3 heteroatoms. The zero-order valence-corrected chi connectivity index (χ0v) is 6.78. The minimum atomic E-state index is 0.693. The van der Waals surface area contributed by atoms with Gasteiger partial charge in [0.05, 0.1) is 6.61 Å². The average Bonchev–Trinajstić information content (AvgIpc) is 2.31. The van der Waals surface area contributed by atoms with Crippen LogP contribution in [0.5, 0.6) is 0 Å². The van der Waals surface area contributed by atoms with Crippen molar-refractivity contribution in [3.63, 3.8) is 0 Å². The van der Waals surface area contributed by atoms with Crippen LogP contribution in [0.15, 0.2) is 12.1 Å². The standard InChI is InChI=1S/C7H9BOS/c1-2-9-5-6-3-4-7(8)10-6/h3-4H,2,5H2,1H3. The van der Waals surface area contributed by atoms with Crippen LogP contribution in [0.25, 0.3) is 0 Å². The van der Waals surface area contributed by atoms with Gasteiger partial charge in [0, 0.05) is 11.5 Å². The fourth-order valence-electron chi connectivity index (χ4n) is 0.675. The van der Waals surface area contributed by atoms with Crippen LogP contribution < -0.4 is 4.78 Å². The van der Waals surface area contributed by atoms with Gasteiger partial charge in [-0.2, -0.15) is 11.3 Å². The van der Waals surface area contributed by atoms with E-state index in [0.29, 0.717) is 6.61 Å². The van der Waals surface area contributed by atoms with Crippen molar-refractivity contribution < 1.29 is 4.74 Å². The Morgan fingerprint density at radius 2 is 2.40 bits per heavy atom. The topological polar surface area (TPSA) is 9.23 Å². The maximum absolute atomic E-state index is 5.51. The van der Waals surface area contributed by atoms with Crippen molar-refractivity contribution in [2.45, 2.75) is 13.5 Å². The van der Waals surface area contributed by atoms with Crippen LogP contribution in [-0.2, 0) is 11.3 Å². The molecule has 0 aromatic carbocycles. The molecule has 1 rings (SSSR count). The van der Waals surface area contributed by atoms with Crippen LogP contribution in [0.4, 0.5) is 0 Å². The molecule has 0 aliphatic heterocycles. The van der Waals surface area contributed by atoms with Crippen molar-refractivity contribution in [3.8, 4) is 0 Å². The molecule has 0 aliphatic carbocycles. The SMILES string of the molecule is [B]c1ccc(COCC)s1. The van der Waals surface area contributed by atoms with Gasteiger partial charge in [0.25, 0.3) is 0 Å². The molecule has 0 unspecified atom stereocenters. The number of hydrogen-bond donors (Lipinski definition) is 0. The summed E-state index contributed by atoms with van der Waals surface area (Å²) in [5.74, 6) is 0. The molecule has 0 spiro atoms. The average molecular weight is 152 g/mol. The molecule has 10 heavy (non-hydrogen) atoms. The predicted molar refractivity (Wildman–Crippen MR) is 45.0 cm³/mol. The van der Waals surface area contributed by atoms with Crippen LogP contribution >= 0.6 is 11.3 Å². The normalized spacial score (nSPS) is 10.1. The molecular weight excluding hydrogens is 143 g/mol. The Morgan fingerprint density at radius 1 is 1.60 bits per heavy atom. The molecule has 0 saturated heterocycles. The molecule has 0 saturated carbocycles. The van der Waals surface area contributed by atoms with Gasteiger partial charge in [-0.25, -0.2) is 0 Å². The Balaban J connectivity index is 2.42. The summed E-state index contributed by atoms with van der Waals surface area (Å²) < 4.78 is 6.04. The van der Waals surface area contributed by atoms with E-state index in [0.717, 1.165) is 11.4 Å². The van der Waals surface area contributed by atoms with Gasteiger partial charge in [-0.15, -0.1) is 0 Å². The van der Waals surface area contributed by atoms with E-state index in [1.165, 1.54) is 4.88 Å². The van der Waals surface area contributed by atoms with E-state index in [1.807, 2.05) is 19.1 Å². The monoisotopic (exact) mass is 152 g/mol. The first kappa shape index (κ1) is 7.83. The van der Waals surface area contributed by atoms with Crippen molar-refractivity contribution in [1.82, 2.24) is 0 Å². The Kier molecular flexibility index (Phi) is 2.96. The summed E-state index contributed by atoms with van der Waals surface area (Å²) in [4.78, 5) is 1.19. The zero-order valence-electron chi connectivity index (χ0n) is 5.96.